The number of methoxy groups -OCH3 is 2. The van der Waals surface area contributed by atoms with Gasteiger partial charge in [0.1, 0.15) is 31.3 Å². The molecule has 2 aliphatic carbocycles. The Labute approximate surface area is 325 Å². The minimum Gasteiger partial charge on any atom is -0.508 e. The standard InChI is InChI=1S/C37H29Cl4N5O8/c1-43-22-15-26(54-3)25(53-2)14-21(22)42-20(33(43)50)11-12-44-34(51)45-13-10-19-23(46(45)35(44)52)16-36(40)31(48)29(38)30(39)32(49)37(36,41)28(19)27-18-7-5-4-6-17(18)8-9-24(27)47/h4-10,14-15,23,28,47H,11-13,16H2,1-3H3. The third-order valence-electron chi connectivity index (χ3n) is 10.8. The molecule has 0 amide bonds. The zero-order chi connectivity index (χ0) is 38.6. The summed E-state index contributed by atoms with van der Waals surface area (Å²) in [5.74, 6) is -2.62. The fourth-order valence-electron chi connectivity index (χ4n) is 8.20. The first-order valence-corrected chi connectivity index (χ1v) is 18.2. The maximum Gasteiger partial charge on any atom is 0.347 e. The highest BCUT2D eigenvalue weighted by atomic mass is 35.5. The van der Waals surface area contributed by atoms with Crippen LogP contribution in [0.2, 0.25) is 0 Å². The fraction of sp³-hybridized carbons (Fsp3) is 0.297. The number of hydrogen-bond donors (Lipinski definition) is 1. The smallest absolute Gasteiger partial charge is 0.347 e. The van der Waals surface area contributed by atoms with E-state index < -0.39 is 66.7 Å². The van der Waals surface area contributed by atoms with Crippen molar-refractivity contribution in [3.05, 3.63) is 113 Å². The Morgan fingerprint density at radius 3 is 2.33 bits per heavy atom. The molecule has 3 aliphatic rings. The van der Waals surface area contributed by atoms with Crippen LogP contribution >= 0.6 is 46.4 Å². The number of halogens is 4. The normalized spacial score (nSPS) is 23.6. The van der Waals surface area contributed by atoms with Crippen molar-refractivity contribution in [2.24, 2.45) is 7.05 Å². The number of ether oxygens (including phenoxy) is 2. The van der Waals surface area contributed by atoms with Crippen LogP contribution in [0.25, 0.3) is 21.8 Å². The number of aryl methyl sites for hydroxylation is 2. The first kappa shape index (κ1) is 36.2. The average Bonchev–Trinajstić information content (AvgIpc) is 3.42. The number of nitrogens with zero attached hydrogens (tertiary/aromatic N) is 5. The number of carbonyl (C=O) groups is 2. The molecule has 3 heterocycles. The summed E-state index contributed by atoms with van der Waals surface area (Å²) >= 11 is 27.4. The van der Waals surface area contributed by atoms with Crippen molar-refractivity contribution in [3.8, 4) is 17.2 Å². The monoisotopic (exact) mass is 811 g/mol. The maximum atomic E-state index is 14.4. The van der Waals surface area contributed by atoms with Crippen LogP contribution in [0.15, 0.2) is 84.6 Å². The molecule has 5 aromatic rings. The maximum absolute atomic E-state index is 14.4. The molecule has 2 aromatic heterocycles. The molecule has 278 valence electrons. The van der Waals surface area contributed by atoms with Gasteiger partial charge >= 0.3 is 11.4 Å². The van der Waals surface area contributed by atoms with Gasteiger partial charge in [0.25, 0.3) is 5.56 Å². The summed E-state index contributed by atoms with van der Waals surface area (Å²) in [6.07, 6.45) is 1.12. The van der Waals surface area contributed by atoms with Crippen molar-refractivity contribution in [1.82, 2.24) is 23.5 Å². The van der Waals surface area contributed by atoms with E-state index >= 15 is 0 Å². The molecule has 13 nitrogen and oxygen atoms in total. The van der Waals surface area contributed by atoms with Crippen molar-refractivity contribution < 1.29 is 24.2 Å². The van der Waals surface area contributed by atoms with Crippen molar-refractivity contribution in [1.29, 1.82) is 0 Å². The topological polar surface area (TPSA) is 157 Å². The van der Waals surface area contributed by atoms with Crippen molar-refractivity contribution in [2.75, 3.05) is 14.2 Å². The van der Waals surface area contributed by atoms with Gasteiger partial charge in [0.2, 0.25) is 0 Å². The number of allylic oxidation sites excluding steroid dienone is 4. The number of phenols is 1. The van der Waals surface area contributed by atoms with Crippen molar-refractivity contribution >= 4 is 79.8 Å². The number of fused-ring (bicyclic) bond motifs is 6. The number of aromatic hydroxyl groups is 1. The minimum atomic E-state index is -2.31. The van der Waals surface area contributed by atoms with Gasteiger partial charge in [-0.15, -0.1) is 23.2 Å². The van der Waals surface area contributed by atoms with Crippen LogP contribution in [0.5, 0.6) is 17.2 Å². The molecule has 0 radical (unpaired) electrons. The van der Waals surface area contributed by atoms with Crippen LogP contribution in [0.3, 0.4) is 0 Å². The Bertz CT molecular complexity index is 2760. The highest BCUT2D eigenvalue weighted by Crippen LogP contribution is 2.65. The summed E-state index contributed by atoms with van der Waals surface area (Å²) in [4.78, 5) is 69.9. The van der Waals surface area contributed by atoms with Crippen LogP contribution in [-0.2, 0) is 36.1 Å². The van der Waals surface area contributed by atoms with E-state index in [-0.39, 0.29) is 36.5 Å². The number of hydrogen-bond acceptors (Lipinski definition) is 9. The number of alkyl halides is 2. The molecule has 0 bridgehead atoms. The zero-order valence-electron chi connectivity index (χ0n) is 28.7. The van der Waals surface area contributed by atoms with Gasteiger partial charge in [0.05, 0.1) is 37.8 Å². The Balaban J connectivity index is 1.27. The summed E-state index contributed by atoms with van der Waals surface area (Å²) in [5, 5.41) is 11.5. The predicted octanol–water partition coefficient (Wildman–Crippen LogP) is 4.64. The highest BCUT2D eigenvalue weighted by Gasteiger charge is 2.72. The molecule has 4 unspecified atom stereocenters. The van der Waals surface area contributed by atoms with Gasteiger partial charge in [0, 0.05) is 50.0 Å². The Morgan fingerprint density at radius 1 is 0.926 bits per heavy atom. The first-order valence-electron chi connectivity index (χ1n) is 16.7. The molecule has 1 N–H and O–H groups in total. The first-order chi connectivity index (χ1) is 25.7. The second-order valence-electron chi connectivity index (χ2n) is 13.4. The summed E-state index contributed by atoms with van der Waals surface area (Å²) in [5.41, 5.74) is -0.337. The Kier molecular flexibility index (Phi) is 8.45. The van der Waals surface area contributed by atoms with Gasteiger partial charge in [0.15, 0.2) is 23.1 Å². The van der Waals surface area contributed by atoms with E-state index in [2.05, 4.69) is 4.98 Å². The van der Waals surface area contributed by atoms with Gasteiger partial charge in [-0.2, -0.15) is 0 Å². The molecular formula is C37H29Cl4N5O8. The molecule has 54 heavy (non-hydrogen) atoms. The largest absolute Gasteiger partial charge is 0.508 e. The lowest BCUT2D eigenvalue weighted by molar-refractivity contribution is -0.128. The molecule has 4 atom stereocenters. The quantitative estimate of drug-likeness (QED) is 0.191. The lowest BCUT2D eigenvalue weighted by atomic mass is 9.58. The summed E-state index contributed by atoms with van der Waals surface area (Å²) in [7, 11) is 4.53. The molecule has 8 rings (SSSR count). The lowest BCUT2D eigenvalue weighted by Crippen LogP contribution is -2.67. The summed E-state index contributed by atoms with van der Waals surface area (Å²) in [6, 6.07) is 12.3. The van der Waals surface area contributed by atoms with Gasteiger partial charge in [-0.25, -0.2) is 28.5 Å². The van der Waals surface area contributed by atoms with E-state index in [0.717, 1.165) is 4.57 Å². The van der Waals surface area contributed by atoms with Gasteiger partial charge in [-0.3, -0.25) is 14.4 Å². The van der Waals surface area contributed by atoms with Gasteiger partial charge in [-0.05, 0) is 22.4 Å². The second-order valence-corrected chi connectivity index (χ2v) is 15.4. The summed E-state index contributed by atoms with van der Waals surface area (Å²) < 4.78 is 15.5. The molecule has 1 saturated carbocycles. The third kappa shape index (κ3) is 4.77. The van der Waals surface area contributed by atoms with E-state index in [1.165, 1.54) is 34.2 Å². The fourth-order valence-corrected chi connectivity index (χ4v) is 9.71. The molecule has 3 aromatic carbocycles. The molecule has 0 saturated heterocycles. The van der Waals surface area contributed by atoms with Crippen LogP contribution < -0.4 is 26.4 Å². The molecule has 0 spiro atoms. The predicted molar refractivity (Wildman–Crippen MR) is 203 cm³/mol. The SMILES string of the molecule is COc1cc2nc(CCn3c(=O)n4n(c3=O)C3CC5(Cl)C(=O)C(Cl)=C(Cl)C(=O)C5(Cl)C(c5c(O)ccc6ccccc56)C3=CC4)c(=O)n(C)c2cc1OC. The van der Waals surface area contributed by atoms with Crippen LogP contribution in [0, 0.1) is 0 Å². The number of rotatable bonds is 6. The number of carbonyl (C=O) groups excluding carboxylic acids is 2. The number of benzene rings is 3. The molecule has 17 heteroatoms. The molecule has 1 aliphatic heterocycles. The minimum absolute atomic E-state index is 0.0936. The summed E-state index contributed by atoms with van der Waals surface area (Å²) in [6.45, 7) is -0.365. The van der Waals surface area contributed by atoms with Gasteiger partial charge in [-0.1, -0.05) is 59.6 Å². The Morgan fingerprint density at radius 2 is 1.61 bits per heavy atom. The van der Waals surface area contributed by atoms with Crippen molar-refractivity contribution in [2.45, 2.75) is 47.6 Å². The van der Waals surface area contributed by atoms with E-state index in [1.54, 1.807) is 55.6 Å². The van der Waals surface area contributed by atoms with Crippen LogP contribution in [0.4, 0.5) is 0 Å². The molecule has 1 fully saturated rings. The second kappa shape index (κ2) is 12.6. The average molecular weight is 813 g/mol. The van der Waals surface area contributed by atoms with Gasteiger partial charge < -0.3 is 19.1 Å². The highest BCUT2D eigenvalue weighted by molar-refractivity contribution is 6.66. The van der Waals surface area contributed by atoms with Crippen LogP contribution in [-0.4, -0.2) is 64.1 Å². The lowest BCUT2D eigenvalue weighted by Gasteiger charge is -2.54. The van der Waals surface area contributed by atoms with E-state index in [9.17, 15) is 29.1 Å². The number of ketones is 2. The van der Waals surface area contributed by atoms with E-state index in [1.807, 2.05) is 0 Å². The number of aromatic nitrogens is 5. The van der Waals surface area contributed by atoms with Crippen LogP contribution in [0.1, 0.15) is 29.6 Å². The van der Waals surface area contributed by atoms with E-state index in [4.69, 9.17) is 55.9 Å². The van der Waals surface area contributed by atoms with Crippen molar-refractivity contribution in [3.63, 3.8) is 0 Å². The molecular weight excluding hydrogens is 784 g/mol. The third-order valence-corrected chi connectivity index (χ3v) is 13.1. The van der Waals surface area contributed by atoms with E-state index in [0.29, 0.717) is 38.9 Å². The Hall–Kier alpha value is -4.82. The number of phenolic OH excluding ortho intramolecular Hbond substituents is 1. The zero-order valence-corrected chi connectivity index (χ0v) is 31.8. The number of Topliss-reactive ketones (excluding diaryl/α,β-unsaturated/α-hetero) is 2.